The van der Waals surface area contributed by atoms with Crippen LogP contribution in [0.5, 0.6) is 0 Å². The van der Waals surface area contributed by atoms with Crippen LogP contribution in [-0.2, 0) is 16.1 Å². The maximum Gasteiger partial charge on any atom is 0.246 e. The molecule has 2 heterocycles. The molecule has 0 radical (unpaired) electrons. The highest BCUT2D eigenvalue weighted by molar-refractivity contribution is 6.04. The van der Waals surface area contributed by atoms with Gasteiger partial charge in [0.05, 0.1) is 11.9 Å². The van der Waals surface area contributed by atoms with E-state index in [1.165, 1.54) is 0 Å². The van der Waals surface area contributed by atoms with Crippen molar-refractivity contribution < 1.29 is 9.59 Å². The number of aryl methyl sites for hydroxylation is 1. The smallest absolute Gasteiger partial charge is 0.246 e. The molecule has 0 bridgehead atoms. The largest absolute Gasteiger partial charge is 0.324 e. The molecule has 1 aliphatic heterocycles. The number of amides is 2. The Morgan fingerprint density at radius 2 is 2.09 bits per heavy atom. The van der Waals surface area contributed by atoms with E-state index < -0.39 is 0 Å². The molecule has 0 spiro atoms. The average molecular weight is 311 g/mol. The average Bonchev–Trinajstić information content (AvgIpc) is 2.94. The van der Waals surface area contributed by atoms with Crippen molar-refractivity contribution >= 4 is 23.2 Å². The van der Waals surface area contributed by atoms with Crippen LogP contribution >= 0.6 is 0 Å². The van der Waals surface area contributed by atoms with E-state index in [4.69, 9.17) is 0 Å². The summed E-state index contributed by atoms with van der Waals surface area (Å²) in [5, 5.41) is 11.0. The van der Waals surface area contributed by atoms with Gasteiger partial charge in [-0.1, -0.05) is 12.1 Å². The molecule has 2 aromatic rings. The van der Waals surface area contributed by atoms with E-state index in [1.54, 1.807) is 10.9 Å². The van der Waals surface area contributed by atoms with E-state index in [0.717, 1.165) is 16.8 Å². The Balaban J connectivity index is 1.61. The zero-order chi connectivity index (χ0) is 16.2. The number of nitrogens with zero attached hydrogens (tertiary/aromatic N) is 3. The van der Waals surface area contributed by atoms with Gasteiger partial charge in [0.2, 0.25) is 11.8 Å². The van der Waals surface area contributed by atoms with Gasteiger partial charge in [-0.2, -0.15) is 10.2 Å². The van der Waals surface area contributed by atoms with Gasteiger partial charge in [-0.3, -0.25) is 14.3 Å². The summed E-state index contributed by atoms with van der Waals surface area (Å²) in [6, 6.07) is 7.40. The van der Waals surface area contributed by atoms with Crippen molar-refractivity contribution in [3.05, 3.63) is 47.8 Å². The predicted molar refractivity (Wildman–Crippen MR) is 85.9 cm³/mol. The molecule has 1 aromatic carbocycles. The molecule has 0 saturated heterocycles. The normalized spacial score (nSPS) is 14.1. The number of hydrazone groups is 1. The van der Waals surface area contributed by atoms with E-state index in [1.807, 2.05) is 37.4 Å². The highest BCUT2D eigenvalue weighted by atomic mass is 16.2. The van der Waals surface area contributed by atoms with Crippen molar-refractivity contribution in [3.63, 3.8) is 0 Å². The van der Waals surface area contributed by atoms with Crippen LogP contribution in [0.15, 0.2) is 41.8 Å². The Labute approximate surface area is 133 Å². The van der Waals surface area contributed by atoms with Gasteiger partial charge in [-0.05, 0) is 30.2 Å². The summed E-state index contributed by atoms with van der Waals surface area (Å²) in [5.41, 5.74) is 5.98. The molecule has 2 N–H and O–H groups in total. The van der Waals surface area contributed by atoms with E-state index in [9.17, 15) is 9.59 Å². The molecule has 7 heteroatoms. The summed E-state index contributed by atoms with van der Waals surface area (Å²) < 4.78 is 1.60. The lowest BCUT2D eigenvalue weighted by atomic mass is 10.0. The molecular weight excluding hydrogens is 294 g/mol. The molecule has 0 aliphatic carbocycles. The molecule has 118 valence electrons. The monoisotopic (exact) mass is 311 g/mol. The Morgan fingerprint density at radius 3 is 2.70 bits per heavy atom. The van der Waals surface area contributed by atoms with Crippen LogP contribution in [-0.4, -0.2) is 27.3 Å². The first kappa shape index (κ1) is 15.0. The molecule has 23 heavy (non-hydrogen) atoms. The van der Waals surface area contributed by atoms with Crippen LogP contribution in [0.2, 0.25) is 0 Å². The van der Waals surface area contributed by atoms with Crippen LogP contribution in [0, 0.1) is 6.92 Å². The fraction of sp³-hybridized carbons (Fsp3) is 0.250. The van der Waals surface area contributed by atoms with Gasteiger partial charge in [-0.25, -0.2) is 5.43 Å². The van der Waals surface area contributed by atoms with Crippen molar-refractivity contribution in [1.82, 2.24) is 15.2 Å². The minimum absolute atomic E-state index is 0.0634. The minimum Gasteiger partial charge on any atom is -0.324 e. The Bertz CT molecular complexity index is 761. The number of carbonyl (C=O) groups excluding carboxylic acids is 2. The zero-order valence-electron chi connectivity index (χ0n) is 12.7. The number of hydrogen-bond acceptors (Lipinski definition) is 4. The van der Waals surface area contributed by atoms with Gasteiger partial charge in [0, 0.05) is 24.7 Å². The first-order chi connectivity index (χ1) is 11.1. The van der Waals surface area contributed by atoms with Gasteiger partial charge >= 0.3 is 0 Å². The van der Waals surface area contributed by atoms with Crippen LogP contribution in [0.4, 0.5) is 5.69 Å². The fourth-order valence-corrected chi connectivity index (χ4v) is 2.33. The van der Waals surface area contributed by atoms with E-state index in [-0.39, 0.29) is 18.4 Å². The number of benzene rings is 1. The molecule has 2 amide bonds. The van der Waals surface area contributed by atoms with Crippen LogP contribution < -0.4 is 10.7 Å². The molecule has 0 unspecified atom stereocenters. The van der Waals surface area contributed by atoms with Gasteiger partial charge in [0.1, 0.15) is 6.54 Å². The fourth-order valence-electron chi connectivity index (χ4n) is 2.33. The number of hydrogen-bond donors (Lipinski definition) is 2. The summed E-state index contributed by atoms with van der Waals surface area (Å²) in [7, 11) is 0. The minimum atomic E-state index is -0.136. The van der Waals surface area contributed by atoms with Gasteiger partial charge in [0.25, 0.3) is 0 Å². The summed E-state index contributed by atoms with van der Waals surface area (Å²) in [4.78, 5) is 23.1. The standard InChI is InChI=1S/C16H17N5O2/c1-11-8-17-21(9-11)10-16(23)18-13-4-2-12(3-5-13)14-6-7-15(22)20-19-14/h2-5,8-9H,6-7,10H2,1H3,(H,18,23)(H,20,22). The first-order valence-electron chi connectivity index (χ1n) is 7.35. The summed E-state index contributed by atoms with van der Waals surface area (Å²) in [5.74, 6) is -0.199. The molecule has 1 aromatic heterocycles. The zero-order valence-corrected chi connectivity index (χ0v) is 12.7. The lowest BCUT2D eigenvalue weighted by Crippen LogP contribution is -2.25. The lowest BCUT2D eigenvalue weighted by molar-refractivity contribution is -0.121. The SMILES string of the molecule is Cc1cnn(CC(=O)Nc2ccc(C3=NNC(=O)CC3)cc2)c1. The first-order valence-corrected chi connectivity index (χ1v) is 7.35. The van der Waals surface area contributed by atoms with Crippen LogP contribution in [0.3, 0.4) is 0 Å². The molecule has 3 rings (SSSR count). The second-order valence-electron chi connectivity index (χ2n) is 5.43. The third-order valence-electron chi connectivity index (χ3n) is 3.47. The maximum atomic E-state index is 12.0. The maximum absolute atomic E-state index is 12.0. The highest BCUT2D eigenvalue weighted by Crippen LogP contribution is 2.14. The third-order valence-corrected chi connectivity index (χ3v) is 3.47. The molecular formula is C16H17N5O2. The number of rotatable bonds is 4. The van der Waals surface area contributed by atoms with Gasteiger partial charge < -0.3 is 5.32 Å². The summed E-state index contributed by atoms with van der Waals surface area (Å²) in [6.07, 6.45) is 4.60. The van der Waals surface area contributed by atoms with Crippen molar-refractivity contribution in [3.8, 4) is 0 Å². The third kappa shape index (κ3) is 3.82. The van der Waals surface area contributed by atoms with Gasteiger partial charge in [0.15, 0.2) is 0 Å². The van der Waals surface area contributed by atoms with Crippen LogP contribution in [0.1, 0.15) is 24.0 Å². The topological polar surface area (TPSA) is 88.4 Å². The Morgan fingerprint density at radius 1 is 1.30 bits per heavy atom. The number of carbonyl (C=O) groups is 2. The van der Waals surface area contributed by atoms with E-state index in [0.29, 0.717) is 18.5 Å². The lowest BCUT2D eigenvalue weighted by Gasteiger charge is -2.12. The summed E-state index contributed by atoms with van der Waals surface area (Å²) in [6.45, 7) is 2.10. The molecule has 1 aliphatic rings. The predicted octanol–water partition coefficient (Wildman–Crippen LogP) is 1.44. The van der Waals surface area contributed by atoms with Crippen molar-refractivity contribution in [2.45, 2.75) is 26.3 Å². The van der Waals surface area contributed by atoms with E-state index >= 15 is 0 Å². The van der Waals surface area contributed by atoms with Crippen molar-refractivity contribution in [2.24, 2.45) is 5.10 Å². The number of nitrogens with one attached hydrogen (secondary N) is 2. The Kier molecular flexibility index (Phi) is 4.18. The second-order valence-corrected chi connectivity index (χ2v) is 5.43. The van der Waals surface area contributed by atoms with Crippen molar-refractivity contribution in [1.29, 1.82) is 0 Å². The Hall–Kier alpha value is -2.96. The number of aromatic nitrogens is 2. The van der Waals surface area contributed by atoms with Crippen LogP contribution in [0.25, 0.3) is 0 Å². The van der Waals surface area contributed by atoms with Gasteiger partial charge in [-0.15, -0.1) is 0 Å². The quantitative estimate of drug-likeness (QED) is 0.895. The molecule has 7 nitrogen and oxygen atoms in total. The molecule has 0 fully saturated rings. The summed E-state index contributed by atoms with van der Waals surface area (Å²) >= 11 is 0. The second kappa shape index (κ2) is 6.43. The number of anilines is 1. The van der Waals surface area contributed by atoms with E-state index in [2.05, 4.69) is 20.9 Å². The highest BCUT2D eigenvalue weighted by Gasteiger charge is 2.13. The molecule has 0 saturated carbocycles. The van der Waals surface area contributed by atoms with Crippen molar-refractivity contribution in [2.75, 3.05) is 5.32 Å². The molecule has 0 atom stereocenters.